The van der Waals surface area contributed by atoms with Crippen LogP contribution in [0.5, 0.6) is 0 Å². The maximum atomic E-state index is 12.2. The molecule has 1 amide bonds. The highest BCUT2D eigenvalue weighted by atomic mass is 16.2. The third-order valence-electron chi connectivity index (χ3n) is 3.35. The predicted molar refractivity (Wildman–Crippen MR) is 70.0 cm³/mol. The smallest absolute Gasteiger partial charge is 0.229 e. The first-order valence-electron chi connectivity index (χ1n) is 6.25. The van der Waals surface area contributed by atoms with Crippen molar-refractivity contribution >= 4 is 11.6 Å². The van der Waals surface area contributed by atoms with Crippen LogP contribution in [-0.2, 0) is 4.79 Å². The van der Waals surface area contributed by atoms with Crippen LogP contribution < -0.4 is 10.6 Å². The van der Waals surface area contributed by atoms with Crippen molar-refractivity contribution in [3.8, 4) is 0 Å². The summed E-state index contributed by atoms with van der Waals surface area (Å²) in [5.41, 5.74) is 7.99. The first kappa shape index (κ1) is 12.1. The third kappa shape index (κ3) is 2.20. The van der Waals surface area contributed by atoms with Gasteiger partial charge in [0.1, 0.15) is 0 Å². The van der Waals surface area contributed by atoms with E-state index in [0.29, 0.717) is 12.5 Å². The molecule has 2 rings (SSSR count). The van der Waals surface area contributed by atoms with Gasteiger partial charge in [-0.05, 0) is 24.6 Å². The van der Waals surface area contributed by atoms with Crippen LogP contribution in [0.2, 0.25) is 0 Å². The lowest BCUT2D eigenvalue weighted by molar-refractivity contribution is -0.121. The average Bonchev–Trinajstić information content (AvgIpc) is 2.68. The highest BCUT2D eigenvalue weighted by Gasteiger charge is 2.32. The molecule has 1 aromatic rings. The zero-order valence-corrected chi connectivity index (χ0v) is 10.5. The van der Waals surface area contributed by atoms with E-state index in [-0.39, 0.29) is 11.8 Å². The Kier molecular flexibility index (Phi) is 3.48. The van der Waals surface area contributed by atoms with Crippen LogP contribution >= 0.6 is 0 Å². The molecule has 0 saturated heterocycles. The molecule has 2 N–H and O–H groups in total. The summed E-state index contributed by atoms with van der Waals surface area (Å²) in [4.78, 5) is 14.1. The molecule has 1 aliphatic rings. The second kappa shape index (κ2) is 4.88. The Bertz CT molecular complexity index is 414. The van der Waals surface area contributed by atoms with E-state index in [9.17, 15) is 4.79 Å². The number of hydrogen-bond donors (Lipinski definition) is 1. The quantitative estimate of drug-likeness (QED) is 0.867. The van der Waals surface area contributed by atoms with Crippen LogP contribution in [0.4, 0.5) is 5.69 Å². The van der Waals surface area contributed by atoms with E-state index in [4.69, 9.17) is 5.73 Å². The summed E-state index contributed by atoms with van der Waals surface area (Å²) in [6.07, 6.45) is 0.943. The average molecular weight is 232 g/mol. The van der Waals surface area contributed by atoms with Gasteiger partial charge in [0.2, 0.25) is 5.91 Å². The van der Waals surface area contributed by atoms with Gasteiger partial charge < -0.3 is 10.6 Å². The monoisotopic (exact) mass is 232 g/mol. The summed E-state index contributed by atoms with van der Waals surface area (Å²) in [7, 11) is 0. The predicted octanol–water partition coefficient (Wildman–Crippen LogP) is 2.12. The molecule has 0 radical (unpaired) electrons. The van der Waals surface area contributed by atoms with Gasteiger partial charge in [-0.2, -0.15) is 0 Å². The fourth-order valence-electron chi connectivity index (χ4n) is 2.46. The van der Waals surface area contributed by atoms with E-state index < -0.39 is 0 Å². The van der Waals surface area contributed by atoms with Gasteiger partial charge in [-0.1, -0.05) is 32.0 Å². The molecule has 1 heterocycles. The highest BCUT2D eigenvalue weighted by Crippen LogP contribution is 2.38. The lowest BCUT2D eigenvalue weighted by atomic mass is 9.98. The molecule has 1 atom stereocenters. The zero-order valence-electron chi connectivity index (χ0n) is 10.5. The van der Waals surface area contributed by atoms with Crippen molar-refractivity contribution in [1.29, 1.82) is 0 Å². The molecule has 92 valence electrons. The summed E-state index contributed by atoms with van der Waals surface area (Å²) in [6.45, 7) is 5.35. The minimum atomic E-state index is 0.0414. The number of carbonyl (C=O) groups excluding carboxylic acids is 1. The van der Waals surface area contributed by atoms with E-state index in [1.807, 2.05) is 36.9 Å². The fraction of sp³-hybridized carbons (Fsp3) is 0.500. The van der Waals surface area contributed by atoms with Crippen LogP contribution in [-0.4, -0.2) is 19.0 Å². The molecule has 0 aliphatic carbocycles. The Labute approximate surface area is 103 Å². The highest BCUT2D eigenvalue weighted by molar-refractivity contribution is 5.97. The molecule has 3 nitrogen and oxygen atoms in total. The molecular weight excluding hydrogens is 212 g/mol. The van der Waals surface area contributed by atoms with E-state index in [1.54, 1.807) is 0 Å². The SMILES string of the molecule is CC(C)C(=O)N1CC(CCN)c2ccccc21. The van der Waals surface area contributed by atoms with E-state index in [0.717, 1.165) is 18.7 Å². The summed E-state index contributed by atoms with van der Waals surface area (Å²) in [5, 5.41) is 0. The molecule has 1 aromatic carbocycles. The number of anilines is 1. The third-order valence-corrected chi connectivity index (χ3v) is 3.35. The topological polar surface area (TPSA) is 46.3 Å². The van der Waals surface area contributed by atoms with Gasteiger partial charge in [-0.15, -0.1) is 0 Å². The van der Waals surface area contributed by atoms with Gasteiger partial charge in [0.25, 0.3) is 0 Å². The van der Waals surface area contributed by atoms with Crippen LogP contribution in [0.1, 0.15) is 31.7 Å². The number of para-hydroxylation sites is 1. The lowest BCUT2D eigenvalue weighted by Crippen LogP contribution is -2.33. The van der Waals surface area contributed by atoms with Crippen LogP contribution in [0.15, 0.2) is 24.3 Å². The summed E-state index contributed by atoms with van der Waals surface area (Å²) < 4.78 is 0. The molecule has 1 aliphatic heterocycles. The lowest BCUT2D eigenvalue weighted by Gasteiger charge is -2.20. The van der Waals surface area contributed by atoms with Crippen molar-refractivity contribution in [3.63, 3.8) is 0 Å². The van der Waals surface area contributed by atoms with E-state index >= 15 is 0 Å². The minimum absolute atomic E-state index is 0.0414. The van der Waals surface area contributed by atoms with Crippen molar-refractivity contribution in [2.24, 2.45) is 11.7 Å². The van der Waals surface area contributed by atoms with Crippen LogP contribution in [0.3, 0.4) is 0 Å². The molecule has 0 bridgehead atoms. The van der Waals surface area contributed by atoms with Crippen LogP contribution in [0, 0.1) is 5.92 Å². The van der Waals surface area contributed by atoms with Crippen molar-refractivity contribution in [2.45, 2.75) is 26.2 Å². The molecule has 0 aromatic heterocycles. The zero-order chi connectivity index (χ0) is 12.4. The molecular formula is C14H20N2O. The number of carbonyl (C=O) groups is 1. The van der Waals surface area contributed by atoms with Crippen molar-refractivity contribution in [2.75, 3.05) is 18.0 Å². The first-order chi connectivity index (χ1) is 8.15. The van der Waals surface area contributed by atoms with Gasteiger partial charge in [0.05, 0.1) is 0 Å². The Hall–Kier alpha value is -1.35. The summed E-state index contributed by atoms with van der Waals surface area (Å²) in [6, 6.07) is 8.17. The number of hydrogen-bond acceptors (Lipinski definition) is 2. The van der Waals surface area contributed by atoms with Crippen LogP contribution in [0.25, 0.3) is 0 Å². The standard InChI is InChI=1S/C14H20N2O/c1-10(2)14(17)16-9-11(7-8-15)12-5-3-4-6-13(12)16/h3-6,10-11H,7-9,15H2,1-2H3. The Morgan fingerprint density at radius 3 is 2.82 bits per heavy atom. The normalized spacial score (nSPS) is 18.6. The second-order valence-corrected chi connectivity index (χ2v) is 4.94. The minimum Gasteiger partial charge on any atom is -0.330 e. The maximum Gasteiger partial charge on any atom is 0.229 e. The van der Waals surface area contributed by atoms with Crippen molar-refractivity contribution < 1.29 is 4.79 Å². The molecule has 0 fully saturated rings. The summed E-state index contributed by atoms with van der Waals surface area (Å²) in [5.74, 6) is 0.649. The number of nitrogens with two attached hydrogens (primary N) is 1. The molecule has 0 saturated carbocycles. The molecule has 1 unspecified atom stereocenters. The van der Waals surface area contributed by atoms with Gasteiger partial charge in [-0.25, -0.2) is 0 Å². The molecule has 0 spiro atoms. The number of rotatable bonds is 3. The van der Waals surface area contributed by atoms with Crippen molar-refractivity contribution in [3.05, 3.63) is 29.8 Å². The Morgan fingerprint density at radius 1 is 1.47 bits per heavy atom. The number of nitrogens with zero attached hydrogens (tertiary/aromatic N) is 1. The fourth-order valence-corrected chi connectivity index (χ4v) is 2.46. The van der Waals surface area contributed by atoms with Gasteiger partial charge >= 0.3 is 0 Å². The van der Waals surface area contributed by atoms with Gasteiger partial charge in [0.15, 0.2) is 0 Å². The Balaban J connectivity index is 2.31. The number of amides is 1. The number of benzene rings is 1. The first-order valence-corrected chi connectivity index (χ1v) is 6.25. The largest absolute Gasteiger partial charge is 0.330 e. The Morgan fingerprint density at radius 2 is 2.18 bits per heavy atom. The summed E-state index contributed by atoms with van der Waals surface area (Å²) >= 11 is 0. The number of fused-ring (bicyclic) bond motifs is 1. The van der Waals surface area contributed by atoms with Gasteiger partial charge in [0, 0.05) is 24.1 Å². The van der Waals surface area contributed by atoms with Crippen molar-refractivity contribution in [1.82, 2.24) is 0 Å². The molecule has 17 heavy (non-hydrogen) atoms. The van der Waals surface area contributed by atoms with Gasteiger partial charge in [-0.3, -0.25) is 4.79 Å². The van der Waals surface area contributed by atoms with E-state index in [1.165, 1.54) is 5.56 Å². The maximum absolute atomic E-state index is 12.2. The molecule has 3 heteroatoms. The van der Waals surface area contributed by atoms with E-state index in [2.05, 4.69) is 6.07 Å². The second-order valence-electron chi connectivity index (χ2n) is 4.94.